The molecule has 0 bridgehead atoms. The first kappa shape index (κ1) is 16.1. The lowest BCUT2D eigenvalue weighted by Crippen LogP contribution is -2.35. The van der Waals surface area contributed by atoms with Crippen molar-refractivity contribution in [2.75, 3.05) is 20.3 Å². The largest absolute Gasteiger partial charge is 0.465 e. The van der Waals surface area contributed by atoms with Crippen LogP contribution in [0.4, 0.5) is 0 Å². The number of esters is 1. The molecule has 0 fully saturated rings. The topological polar surface area (TPSA) is 81.6 Å². The molecule has 0 aliphatic rings. The van der Waals surface area contributed by atoms with Gasteiger partial charge in [0.1, 0.15) is 16.4 Å². The molecule has 0 saturated heterocycles. The molecule has 0 radical (unpaired) electrons. The van der Waals surface area contributed by atoms with Crippen LogP contribution in [-0.4, -0.2) is 47.2 Å². The predicted molar refractivity (Wildman–Crippen MR) is 80.0 cm³/mol. The third-order valence-electron chi connectivity index (χ3n) is 2.65. The summed E-state index contributed by atoms with van der Waals surface area (Å²) in [6.45, 7) is 1.67. The third-order valence-corrected chi connectivity index (χ3v) is 3.68. The van der Waals surface area contributed by atoms with Crippen molar-refractivity contribution in [3.8, 4) is 10.6 Å². The van der Waals surface area contributed by atoms with Crippen LogP contribution in [0.1, 0.15) is 16.6 Å². The van der Waals surface area contributed by atoms with E-state index in [0.29, 0.717) is 9.88 Å². The van der Waals surface area contributed by atoms with Crippen molar-refractivity contribution in [1.82, 2.24) is 15.0 Å². The minimum atomic E-state index is -0.533. The van der Waals surface area contributed by atoms with Crippen LogP contribution in [0.5, 0.6) is 0 Å². The SMILES string of the molecule is CCOC(=O)CN(OC)C(=O)c1cnc(-c2cccnc2)s1. The maximum absolute atomic E-state index is 12.3. The van der Waals surface area contributed by atoms with E-state index in [-0.39, 0.29) is 13.2 Å². The Balaban J connectivity index is 2.12. The number of pyridine rings is 1. The van der Waals surface area contributed by atoms with Crippen molar-refractivity contribution in [3.05, 3.63) is 35.6 Å². The van der Waals surface area contributed by atoms with E-state index in [9.17, 15) is 9.59 Å². The maximum atomic E-state index is 12.3. The minimum absolute atomic E-state index is 0.246. The lowest BCUT2D eigenvalue weighted by Gasteiger charge is -2.17. The van der Waals surface area contributed by atoms with Gasteiger partial charge in [-0.05, 0) is 19.1 Å². The van der Waals surface area contributed by atoms with E-state index >= 15 is 0 Å². The van der Waals surface area contributed by atoms with Crippen LogP contribution in [0.3, 0.4) is 0 Å². The molecule has 22 heavy (non-hydrogen) atoms. The van der Waals surface area contributed by atoms with Gasteiger partial charge in [-0.2, -0.15) is 0 Å². The van der Waals surface area contributed by atoms with Crippen LogP contribution in [0.15, 0.2) is 30.7 Å². The minimum Gasteiger partial charge on any atom is -0.465 e. The van der Waals surface area contributed by atoms with Crippen molar-refractivity contribution in [2.45, 2.75) is 6.92 Å². The molecular formula is C14H15N3O4S. The molecule has 0 aromatic carbocycles. The molecule has 2 aromatic heterocycles. The molecule has 1 amide bonds. The Hall–Kier alpha value is -2.32. The normalized spacial score (nSPS) is 10.3. The quantitative estimate of drug-likeness (QED) is 0.596. The average molecular weight is 321 g/mol. The Bertz CT molecular complexity index is 645. The molecule has 0 aliphatic heterocycles. The van der Waals surface area contributed by atoms with Crippen molar-refractivity contribution >= 4 is 23.2 Å². The van der Waals surface area contributed by atoms with Gasteiger partial charge in [0.15, 0.2) is 0 Å². The number of hydroxylamine groups is 2. The fourth-order valence-corrected chi connectivity index (χ4v) is 2.51. The summed E-state index contributed by atoms with van der Waals surface area (Å²) in [5, 5.41) is 1.61. The predicted octanol–water partition coefficient (Wildman–Crippen LogP) is 1.77. The van der Waals surface area contributed by atoms with E-state index in [1.165, 1.54) is 24.6 Å². The molecule has 116 valence electrons. The van der Waals surface area contributed by atoms with Crippen molar-refractivity contribution < 1.29 is 19.2 Å². The average Bonchev–Trinajstić information content (AvgIpc) is 3.03. The van der Waals surface area contributed by atoms with Gasteiger partial charge in [0, 0.05) is 18.0 Å². The van der Waals surface area contributed by atoms with E-state index in [4.69, 9.17) is 9.57 Å². The van der Waals surface area contributed by atoms with Gasteiger partial charge in [0.2, 0.25) is 0 Å². The molecule has 2 aromatic rings. The number of carbonyl (C=O) groups excluding carboxylic acids is 2. The van der Waals surface area contributed by atoms with Crippen LogP contribution in [-0.2, 0) is 14.4 Å². The smallest absolute Gasteiger partial charge is 0.328 e. The van der Waals surface area contributed by atoms with Crippen LogP contribution in [0.25, 0.3) is 10.6 Å². The number of rotatable bonds is 6. The molecule has 7 nitrogen and oxygen atoms in total. The molecule has 2 rings (SSSR count). The van der Waals surface area contributed by atoms with Crippen LogP contribution >= 0.6 is 11.3 Å². The van der Waals surface area contributed by atoms with Crippen molar-refractivity contribution in [3.63, 3.8) is 0 Å². The summed E-state index contributed by atoms with van der Waals surface area (Å²) in [6.07, 6.45) is 4.78. The highest BCUT2D eigenvalue weighted by molar-refractivity contribution is 7.16. The fourth-order valence-electron chi connectivity index (χ4n) is 1.66. The number of ether oxygens (including phenoxy) is 1. The number of carbonyl (C=O) groups is 2. The first-order valence-corrected chi connectivity index (χ1v) is 7.35. The molecule has 0 atom stereocenters. The Morgan fingerprint density at radius 2 is 2.18 bits per heavy atom. The first-order chi connectivity index (χ1) is 10.7. The zero-order chi connectivity index (χ0) is 15.9. The lowest BCUT2D eigenvalue weighted by molar-refractivity contribution is -0.157. The Labute approximate surface area is 131 Å². The standard InChI is InChI=1S/C14H15N3O4S/c1-3-21-12(18)9-17(20-2)14(19)11-8-16-13(22-11)10-5-4-6-15-7-10/h4-8H,3,9H2,1-2H3. The maximum Gasteiger partial charge on any atom is 0.328 e. The third kappa shape index (κ3) is 3.86. The molecule has 2 heterocycles. The second kappa shape index (κ2) is 7.62. The molecule has 0 spiro atoms. The molecule has 0 unspecified atom stereocenters. The monoisotopic (exact) mass is 321 g/mol. The van der Waals surface area contributed by atoms with Crippen LogP contribution in [0, 0.1) is 0 Å². The van der Waals surface area contributed by atoms with E-state index in [1.54, 1.807) is 25.4 Å². The van der Waals surface area contributed by atoms with Crippen LogP contribution < -0.4 is 0 Å². The summed E-state index contributed by atoms with van der Waals surface area (Å²) < 4.78 is 4.80. The molecular weight excluding hydrogens is 306 g/mol. The molecule has 8 heteroatoms. The number of aromatic nitrogens is 2. The first-order valence-electron chi connectivity index (χ1n) is 6.53. The number of hydrogen-bond acceptors (Lipinski definition) is 7. The molecule has 0 aliphatic carbocycles. The molecule has 0 N–H and O–H groups in total. The zero-order valence-electron chi connectivity index (χ0n) is 12.2. The number of amides is 1. The number of nitrogens with zero attached hydrogens (tertiary/aromatic N) is 3. The van der Waals surface area contributed by atoms with Gasteiger partial charge >= 0.3 is 5.97 Å². The van der Waals surface area contributed by atoms with Gasteiger partial charge in [0.05, 0.1) is 19.9 Å². The van der Waals surface area contributed by atoms with E-state index < -0.39 is 11.9 Å². The lowest BCUT2D eigenvalue weighted by atomic mass is 10.3. The van der Waals surface area contributed by atoms with Gasteiger partial charge in [-0.25, -0.2) is 10.0 Å². The summed E-state index contributed by atoms with van der Waals surface area (Å²) >= 11 is 1.20. The summed E-state index contributed by atoms with van der Waals surface area (Å²) in [5.74, 6) is -0.974. The highest BCUT2D eigenvalue weighted by atomic mass is 32.1. The summed E-state index contributed by atoms with van der Waals surface area (Å²) in [6, 6.07) is 3.65. The van der Waals surface area contributed by atoms with E-state index in [1.807, 2.05) is 6.07 Å². The van der Waals surface area contributed by atoms with Gasteiger partial charge < -0.3 is 4.74 Å². The number of hydrogen-bond donors (Lipinski definition) is 0. The summed E-state index contributed by atoms with van der Waals surface area (Å²) in [4.78, 5) is 37.3. The zero-order valence-corrected chi connectivity index (χ0v) is 13.0. The second-order valence-corrected chi connectivity index (χ2v) is 5.13. The van der Waals surface area contributed by atoms with E-state index in [2.05, 4.69) is 9.97 Å². The molecule has 0 saturated carbocycles. The van der Waals surface area contributed by atoms with Crippen LogP contribution in [0.2, 0.25) is 0 Å². The van der Waals surface area contributed by atoms with Crippen molar-refractivity contribution in [1.29, 1.82) is 0 Å². The Morgan fingerprint density at radius 3 is 2.82 bits per heavy atom. The van der Waals surface area contributed by atoms with Gasteiger partial charge in [0.25, 0.3) is 5.91 Å². The Morgan fingerprint density at radius 1 is 1.36 bits per heavy atom. The van der Waals surface area contributed by atoms with Gasteiger partial charge in [-0.15, -0.1) is 11.3 Å². The van der Waals surface area contributed by atoms with Crippen molar-refractivity contribution in [2.24, 2.45) is 0 Å². The fraction of sp³-hybridized carbons (Fsp3) is 0.286. The summed E-state index contributed by atoms with van der Waals surface area (Å²) in [5.41, 5.74) is 0.820. The highest BCUT2D eigenvalue weighted by Gasteiger charge is 2.22. The van der Waals surface area contributed by atoms with E-state index in [0.717, 1.165) is 10.6 Å². The second-order valence-electron chi connectivity index (χ2n) is 4.10. The van der Waals surface area contributed by atoms with Gasteiger partial charge in [-0.1, -0.05) is 0 Å². The summed E-state index contributed by atoms with van der Waals surface area (Å²) in [7, 11) is 1.32. The number of thiazole rings is 1. The highest BCUT2D eigenvalue weighted by Crippen LogP contribution is 2.25. The van der Waals surface area contributed by atoms with Gasteiger partial charge in [-0.3, -0.25) is 19.4 Å². The Kier molecular flexibility index (Phi) is 5.56.